The van der Waals surface area contributed by atoms with Crippen LogP contribution in [-0.2, 0) is 18.9 Å². The van der Waals surface area contributed by atoms with Crippen LogP contribution in [0.25, 0.3) is 11.1 Å². The van der Waals surface area contributed by atoms with Gasteiger partial charge in [-0.2, -0.15) is 0 Å². The van der Waals surface area contributed by atoms with Crippen molar-refractivity contribution < 1.29 is 18.9 Å². The molecular weight excluding hydrogens is 340 g/mol. The third kappa shape index (κ3) is 10.8. The van der Waals surface area contributed by atoms with Crippen molar-refractivity contribution >= 4 is 11.1 Å². The molecule has 0 saturated heterocycles. The summed E-state index contributed by atoms with van der Waals surface area (Å²) >= 11 is 0. The number of hydrogen-bond donors (Lipinski definition) is 0. The minimum absolute atomic E-state index is 0.242. The zero-order valence-corrected chi connectivity index (χ0v) is 17.8. The van der Waals surface area contributed by atoms with Crippen LogP contribution in [0.1, 0.15) is 52.7 Å². The molecule has 1 rings (SSSR count). The first-order chi connectivity index (χ1) is 12.9. The molecule has 1 aromatic carbocycles. The second-order valence-corrected chi connectivity index (χ2v) is 7.31. The lowest BCUT2D eigenvalue weighted by atomic mass is 10.0. The Morgan fingerprint density at radius 1 is 0.852 bits per heavy atom. The molecule has 0 bridgehead atoms. The summed E-state index contributed by atoms with van der Waals surface area (Å²) in [6, 6.07) is 8.38. The summed E-state index contributed by atoms with van der Waals surface area (Å²) in [5, 5.41) is 0. The first-order valence-electron chi connectivity index (χ1n) is 9.77. The molecule has 0 atom stereocenters. The van der Waals surface area contributed by atoms with Gasteiger partial charge in [0.05, 0.1) is 45.1 Å². The maximum Gasteiger partial charge on any atom is 0.111 e. The Kier molecular flexibility index (Phi) is 11.5. The molecular formula is C23H36O4. The molecule has 0 amide bonds. The quantitative estimate of drug-likeness (QED) is 0.335. The molecule has 4 heteroatoms. The number of rotatable bonds is 13. The fourth-order valence-corrected chi connectivity index (χ4v) is 2.25. The molecule has 0 radical (unpaired) electrons. The van der Waals surface area contributed by atoms with Gasteiger partial charge in [0.1, 0.15) is 6.61 Å². The Morgan fingerprint density at radius 3 is 2.04 bits per heavy atom. The maximum atomic E-state index is 5.62. The minimum atomic E-state index is 0.242. The predicted molar refractivity (Wildman–Crippen MR) is 112 cm³/mol. The Bertz CT molecular complexity index is 588. The highest BCUT2D eigenvalue weighted by atomic mass is 16.5. The van der Waals surface area contributed by atoms with Crippen LogP contribution in [0, 0.1) is 5.92 Å². The van der Waals surface area contributed by atoms with Crippen LogP contribution in [-0.4, -0.2) is 39.1 Å². The van der Waals surface area contributed by atoms with E-state index in [1.807, 2.05) is 27.0 Å². The lowest BCUT2D eigenvalue weighted by Gasteiger charge is -2.09. The molecule has 0 spiro atoms. The van der Waals surface area contributed by atoms with Crippen LogP contribution in [0.3, 0.4) is 0 Å². The van der Waals surface area contributed by atoms with Gasteiger partial charge in [-0.15, -0.1) is 0 Å². The highest BCUT2D eigenvalue weighted by Crippen LogP contribution is 2.20. The van der Waals surface area contributed by atoms with E-state index in [0.717, 1.165) is 28.9 Å². The van der Waals surface area contributed by atoms with Crippen LogP contribution < -0.4 is 0 Å². The smallest absolute Gasteiger partial charge is 0.111 e. The normalized spacial score (nSPS) is 12.7. The van der Waals surface area contributed by atoms with Gasteiger partial charge in [-0.1, -0.05) is 32.0 Å². The van der Waals surface area contributed by atoms with Crippen molar-refractivity contribution in [2.24, 2.45) is 5.92 Å². The second kappa shape index (κ2) is 13.4. The zero-order valence-electron chi connectivity index (χ0n) is 17.8. The zero-order chi connectivity index (χ0) is 20.1. The van der Waals surface area contributed by atoms with E-state index >= 15 is 0 Å². The Hall–Kier alpha value is -1.78. The SMILES string of the molecule is CC(=COCCOCCOC(C)C)c1cccc(C(C)=COCC(C)C)c1. The van der Waals surface area contributed by atoms with Gasteiger partial charge in [-0.25, -0.2) is 0 Å². The van der Waals surface area contributed by atoms with Crippen LogP contribution in [0.4, 0.5) is 0 Å². The fraction of sp³-hybridized carbons (Fsp3) is 0.565. The van der Waals surface area contributed by atoms with Crippen LogP contribution in [0.2, 0.25) is 0 Å². The summed E-state index contributed by atoms with van der Waals surface area (Å²) < 4.78 is 22.1. The summed E-state index contributed by atoms with van der Waals surface area (Å²) in [4.78, 5) is 0. The molecule has 0 aliphatic heterocycles. The van der Waals surface area contributed by atoms with E-state index in [4.69, 9.17) is 18.9 Å². The van der Waals surface area contributed by atoms with Crippen molar-refractivity contribution in [1.29, 1.82) is 0 Å². The summed E-state index contributed by atoms with van der Waals surface area (Å²) in [7, 11) is 0. The van der Waals surface area contributed by atoms with E-state index in [-0.39, 0.29) is 6.10 Å². The summed E-state index contributed by atoms with van der Waals surface area (Å²) in [6.07, 6.45) is 3.88. The maximum absolute atomic E-state index is 5.62. The van der Waals surface area contributed by atoms with Crippen LogP contribution >= 0.6 is 0 Å². The number of ether oxygens (including phenoxy) is 4. The molecule has 27 heavy (non-hydrogen) atoms. The molecule has 0 aliphatic rings. The van der Waals surface area contributed by atoms with Crippen molar-refractivity contribution in [3.05, 3.63) is 47.9 Å². The standard InChI is InChI=1S/C23H36O4/c1-18(2)15-26-17-21(6)23-9-7-8-22(14-23)20(5)16-25-11-10-24-12-13-27-19(3)4/h7-9,14,16-19H,10-13,15H2,1-6H3. The van der Waals surface area contributed by atoms with Crippen molar-refractivity contribution in [3.63, 3.8) is 0 Å². The average molecular weight is 377 g/mol. The number of hydrogen-bond acceptors (Lipinski definition) is 4. The van der Waals surface area contributed by atoms with Gasteiger partial charge >= 0.3 is 0 Å². The summed E-state index contributed by atoms with van der Waals surface area (Å²) in [5.74, 6) is 0.523. The average Bonchev–Trinajstić information content (AvgIpc) is 2.63. The first kappa shape index (κ1) is 23.3. The van der Waals surface area contributed by atoms with Crippen molar-refractivity contribution in [2.45, 2.75) is 47.6 Å². The van der Waals surface area contributed by atoms with E-state index in [2.05, 4.69) is 45.0 Å². The van der Waals surface area contributed by atoms with Gasteiger partial charge in [0.15, 0.2) is 0 Å². The Labute approximate surface area is 165 Å². The van der Waals surface area contributed by atoms with Crippen molar-refractivity contribution in [1.82, 2.24) is 0 Å². The van der Waals surface area contributed by atoms with Crippen LogP contribution in [0.5, 0.6) is 0 Å². The highest BCUT2D eigenvalue weighted by molar-refractivity contribution is 5.70. The van der Waals surface area contributed by atoms with Gasteiger partial charge in [-0.05, 0) is 62.0 Å². The lowest BCUT2D eigenvalue weighted by Crippen LogP contribution is -2.11. The molecule has 0 aliphatic carbocycles. The van der Waals surface area contributed by atoms with E-state index in [1.54, 1.807) is 6.26 Å². The van der Waals surface area contributed by atoms with Crippen LogP contribution in [0.15, 0.2) is 36.8 Å². The molecule has 0 saturated carbocycles. The van der Waals surface area contributed by atoms with E-state index in [9.17, 15) is 0 Å². The number of allylic oxidation sites excluding steroid dienone is 2. The predicted octanol–water partition coefficient (Wildman–Crippen LogP) is 5.54. The van der Waals surface area contributed by atoms with E-state index < -0.39 is 0 Å². The van der Waals surface area contributed by atoms with Gasteiger partial charge in [0, 0.05) is 0 Å². The van der Waals surface area contributed by atoms with Gasteiger partial charge in [0.25, 0.3) is 0 Å². The highest BCUT2D eigenvalue weighted by Gasteiger charge is 2.02. The molecule has 0 fully saturated rings. The Balaban J connectivity index is 2.43. The van der Waals surface area contributed by atoms with Gasteiger partial charge < -0.3 is 18.9 Å². The van der Waals surface area contributed by atoms with E-state index in [1.165, 1.54) is 0 Å². The molecule has 0 heterocycles. The summed E-state index contributed by atoms with van der Waals surface area (Å²) in [5.41, 5.74) is 4.48. The van der Waals surface area contributed by atoms with Crippen molar-refractivity contribution in [2.75, 3.05) is 33.0 Å². The fourth-order valence-electron chi connectivity index (χ4n) is 2.25. The topological polar surface area (TPSA) is 36.9 Å². The van der Waals surface area contributed by atoms with Crippen molar-refractivity contribution in [3.8, 4) is 0 Å². The minimum Gasteiger partial charge on any atom is -0.501 e. The Morgan fingerprint density at radius 2 is 1.44 bits per heavy atom. The third-order valence-electron chi connectivity index (χ3n) is 3.75. The molecule has 152 valence electrons. The number of benzene rings is 1. The molecule has 0 unspecified atom stereocenters. The largest absolute Gasteiger partial charge is 0.501 e. The molecule has 1 aromatic rings. The lowest BCUT2D eigenvalue weighted by molar-refractivity contribution is 0.00884. The molecule has 4 nitrogen and oxygen atoms in total. The molecule has 0 N–H and O–H groups in total. The molecule has 0 aromatic heterocycles. The second-order valence-electron chi connectivity index (χ2n) is 7.31. The third-order valence-corrected chi connectivity index (χ3v) is 3.75. The monoisotopic (exact) mass is 376 g/mol. The van der Waals surface area contributed by atoms with E-state index in [0.29, 0.717) is 32.3 Å². The van der Waals surface area contributed by atoms with Gasteiger partial charge in [-0.3, -0.25) is 0 Å². The first-order valence-corrected chi connectivity index (χ1v) is 9.77. The van der Waals surface area contributed by atoms with Gasteiger partial charge in [0.2, 0.25) is 0 Å². The summed E-state index contributed by atoms with van der Waals surface area (Å²) in [6.45, 7) is 15.5.